The second kappa shape index (κ2) is 9.20. The van der Waals surface area contributed by atoms with Crippen LogP contribution in [0, 0.1) is 5.92 Å². The highest BCUT2D eigenvalue weighted by Gasteiger charge is 2.30. The molecule has 2 fully saturated rings. The molecule has 1 aromatic rings. The lowest BCUT2D eigenvalue weighted by molar-refractivity contribution is -0.140. The van der Waals surface area contributed by atoms with Gasteiger partial charge in [0.25, 0.3) is 0 Å². The van der Waals surface area contributed by atoms with Gasteiger partial charge < -0.3 is 9.80 Å². The predicted molar refractivity (Wildman–Crippen MR) is 109 cm³/mol. The zero-order valence-electron chi connectivity index (χ0n) is 16.7. The van der Waals surface area contributed by atoms with Gasteiger partial charge in [0.15, 0.2) is 0 Å². The summed E-state index contributed by atoms with van der Waals surface area (Å²) in [5, 5.41) is 0. The van der Waals surface area contributed by atoms with Crippen molar-refractivity contribution in [1.29, 1.82) is 0 Å². The summed E-state index contributed by atoms with van der Waals surface area (Å²) in [4.78, 5) is 29.0. The molecule has 4 heteroatoms. The van der Waals surface area contributed by atoms with Crippen molar-refractivity contribution in [2.75, 3.05) is 26.2 Å². The zero-order chi connectivity index (χ0) is 19.2. The molecule has 0 spiro atoms. The molecule has 0 aliphatic carbocycles. The molecule has 0 atom stereocenters. The predicted octanol–water partition coefficient (Wildman–Crippen LogP) is 4.07. The molecule has 27 heavy (non-hydrogen) atoms. The summed E-state index contributed by atoms with van der Waals surface area (Å²) in [6.07, 6.45) is 8.63. The second-order valence-corrected chi connectivity index (χ2v) is 8.14. The second-order valence-electron chi connectivity index (χ2n) is 8.14. The summed E-state index contributed by atoms with van der Waals surface area (Å²) in [6.45, 7) is 7.54. The van der Waals surface area contributed by atoms with Crippen molar-refractivity contribution in [3.05, 3.63) is 41.5 Å². The topological polar surface area (TPSA) is 40.6 Å². The van der Waals surface area contributed by atoms with E-state index < -0.39 is 0 Å². The van der Waals surface area contributed by atoms with Crippen molar-refractivity contribution in [3.63, 3.8) is 0 Å². The third-order valence-corrected chi connectivity index (χ3v) is 5.85. The SMILES string of the molecule is CC(C)c1ccc(/C=C/C(=O)N2CCC(C(=O)N3CCCCC3)CC2)cc1. The molecule has 1 aromatic carbocycles. The summed E-state index contributed by atoms with van der Waals surface area (Å²) >= 11 is 0. The highest BCUT2D eigenvalue weighted by Crippen LogP contribution is 2.22. The molecular weight excluding hydrogens is 336 g/mol. The summed E-state index contributed by atoms with van der Waals surface area (Å²) < 4.78 is 0. The lowest BCUT2D eigenvalue weighted by Crippen LogP contribution is -2.45. The molecule has 0 unspecified atom stereocenters. The maximum Gasteiger partial charge on any atom is 0.246 e. The van der Waals surface area contributed by atoms with E-state index in [1.165, 1.54) is 12.0 Å². The largest absolute Gasteiger partial charge is 0.342 e. The molecule has 2 aliphatic heterocycles. The standard InChI is InChI=1S/C23H32N2O2/c1-18(2)20-9-6-19(7-10-20)8-11-22(26)24-16-12-21(13-17-24)23(27)25-14-4-3-5-15-25/h6-11,18,21H,3-5,12-17H2,1-2H3/b11-8+. The molecule has 4 nitrogen and oxygen atoms in total. The van der Waals surface area contributed by atoms with Crippen LogP contribution < -0.4 is 0 Å². The fourth-order valence-electron chi connectivity index (χ4n) is 3.98. The Bertz CT molecular complexity index is 664. The van der Waals surface area contributed by atoms with Crippen LogP contribution in [-0.4, -0.2) is 47.8 Å². The minimum Gasteiger partial charge on any atom is -0.342 e. The van der Waals surface area contributed by atoms with Gasteiger partial charge in [-0.15, -0.1) is 0 Å². The minimum absolute atomic E-state index is 0.0480. The highest BCUT2D eigenvalue weighted by molar-refractivity contribution is 5.92. The summed E-state index contributed by atoms with van der Waals surface area (Å²) in [5.41, 5.74) is 2.35. The van der Waals surface area contributed by atoms with Crippen molar-refractivity contribution >= 4 is 17.9 Å². The summed E-state index contributed by atoms with van der Waals surface area (Å²) in [6, 6.07) is 8.35. The van der Waals surface area contributed by atoms with E-state index in [0.29, 0.717) is 24.9 Å². The van der Waals surface area contributed by atoms with Gasteiger partial charge in [-0.1, -0.05) is 38.1 Å². The Morgan fingerprint density at radius 3 is 2.15 bits per heavy atom. The first-order valence-electron chi connectivity index (χ1n) is 10.4. The molecule has 2 saturated heterocycles. The van der Waals surface area contributed by atoms with E-state index in [1.807, 2.05) is 15.9 Å². The van der Waals surface area contributed by atoms with Gasteiger partial charge in [0.05, 0.1) is 0 Å². The monoisotopic (exact) mass is 368 g/mol. The van der Waals surface area contributed by atoms with Crippen LogP contribution in [0.4, 0.5) is 0 Å². The maximum atomic E-state index is 12.6. The first kappa shape index (κ1) is 19.7. The number of piperidine rings is 2. The average Bonchev–Trinajstić information content (AvgIpc) is 2.72. The van der Waals surface area contributed by atoms with E-state index in [4.69, 9.17) is 0 Å². The van der Waals surface area contributed by atoms with Gasteiger partial charge in [0.2, 0.25) is 11.8 Å². The Kier molecular flexibility index (Phi) is 6.70. The van der Waals surface area contributed by atoms with Crippen LogP contribution in [0.5, 0.6) is 0 Å². The Morgan fingerprint density at radius 1 is 0.926 bits per heavy atom. The van der Waals surface area contributed by atoms with Gasteiger partial charge in [-0.05, 0) is 55.2 Å². The number of carbonyl (C=O) groups excluding carboxylic acids is 2. The van der Waals surface area contributed by atoms with Crippen LogP contribution >= 0.6 is 0 Å². The van der Waals surface area contributed by atoms with Gasteiger partial charge in [0.1, 0.15) is 0 Å². The van der Waals surface area contributed by atoms with Crippen molar-refractivity contribution in [1.82, 2.24) is 9.80 Å². The van der Waals surface area contributed by atoms with Gasteiger partial charge in [-0.3, -0.25) is 9.59 Å². The van der Waals surface area contributed by atoms with Crippen LogP contribution in [0.2, 0.25) is 0 Å². The highest BCUT2D eigenvalue weighted by atomic mass is 16.2. The molecule has 2 heterocycles. The first-order valence-corrected chi connectivity index (χ1v) is 10.4. The first-order chi connectivity index (χ1) is 13.0. The van der Waals surface area contributed by atoms with Crippen LogP contribution in [-0.2, 0) is 9.59 Å². The fraction of sp³-hybridized carbons (Fsp3) is 0.565. The number of likely N-dealkylation sites (tertiary alicyclic amines) is 2. The number of amides is 2. The van der Waals surface area contributed by atoms with E-state index in [1.54, 1.807) is 6.08 Å². The third kappa shape index (κ3) is 5.21. The van der Waals surface area contributed by atoms with Crippen molar-refractivity contribution in [3.8, 4) is 0 Å². The smallest absolute Gasteiger partial charge is 0.246 e. The van der Waals surface area contributed by atoms with E-state index in [2.05, 4.69) is 38.1 Å². The Labute approximate surface area is 163 Å². The lowest BCUT2D eigenvalue weighted by Gasteiger charge is -2.35. The van der Waals surface area contributed by atoms with E-state index in [-0.39, 0.29) is 11.8 Å². The van der Waals surface area contributed by atoms with E-state index in [9.17, 15) is 9.59 Å². The summed E-state index contributed by atoms with van der Waals surface area (Å²) in [5.74, 6) is 0.965. The van der Waals surface area contributed by atoms with Crippen LogP contribution in [0.25, 0.3) is 6.08 Å². The van der Waals surface area contributed by atoms with E-state index >= 15 is 0 Å². The van der Waals surface area contributed by atoms with Crippen molar-refractivity contribution in [2.45, 2.75) is 51.9 Å². The number of hydrogen-bond acceptors (Lipinski definition) is 2. The molecule has 146 valence electrons. The van der Waals surface area contributed by atoms with Gasteiger partial charge in [-0.25, -0.2) is 0 Å². The van der Waals surface area contributed by atoms with E-state index in [0.717, 1.165) is 44.3 Å². The fourth-order valence-corrected chi connectivity index (χ4v) is 3.98. The number of carbonyl (C=O) groups is 2. The molecular formula is C23H32N2O2. The third-order valence-electron chi connectivity index (χ3n) is 5.85. The molecule has 0 aromatic heterocycles. The van der Waals surface area contributed by atoms with Crippen molar-refractivity contribution < 1.29 is 9.59 Å². The quantitative estimate of drug-likeness (QED) is 0.752. The number of benzene rings is 1. The average molecular weight is 369 g/mol. The molecule has 2 aliphatic rings. The minimum atomic E-state index is 0.0480. The number of hydrogen-bond donors (Lipinski definition) is 0. The van der Waals surface area contributed by atoms with Crippen molar-refractivity contribution in [2.24, 2.45) is 5.92 Å². The normalized spacial score (nSPS) is 19.1. The zero-order valence-corrected chi connectivity index (χ0v) is 16.7. The summed E-state index contributed by atoms with van der Waals surface area (Å²) in [7, 11) is 0. The van der Waals surface area contributed by atoms with Gasteiger partial charge >= 0.3 is 0 Å². The molecule has 2 amide bonds. The number of rotatable bonds is 4. The lowest BCUT2D eigenvalue weighted by atomic mass is 9.94. The van der Waals surface area contributed by atoms with Crippen LogP contribution in [0.1, 0.15) is 63.0 Å². The van der Waals surface area contributed by atoms with Crippen LogP contribution in [0.15, 0.2) is 30.3 Å². The van der Waals surface area contributed by atoms with Gasteiger partial charge in [-0.2, -0.15) is 0 Å². The molecule has 3 rings (SSSR count). The van der Waals surface area contributed by atoms with Crippen LogP contribution in [0.3, 0.4) is 0 Å². The molecule has 0 bridgehead atoms. The Hall–Kier alpha value is -2.10. The molecule has 0 N–H and O–H groups in total. The Morgan fingerprint density at radius 2 is 1.56 bits per heavy atom. The molecule has 0 saturated carbocycles. The maximum absolute atomic E-state index is 12.6. The van der Waals surface area contributed by atoms with Gasteiger partial charge in [0, 0.05) is 38.2 Å². The molecule has 0 radical (unpaired) electrons. The Balaban J connectivity index is 1.48. The number of nitrogens with zero attached hydrogens (tertiary/aromatic N) is 2.